The number of amides is 1. The molecule has 0 spiro atoms. The Labute approximate surface area is 182 Å². The van der Waals surface area contributed by atoms with E-state index in [-0.39, 0.29) is 5.57 Å². The highest BCUT2D eigenvalue weighted by molar-refractivity contribution is 7.14. The predicted octanol–water partition coefficient (Wildman–Crippen LogP) is 4.90. The smallest absolute Gasteiger partial charge is 0.294 e. The molecular formula is C22H18ClN3O3S. The number of hydrogen-bond acceptors (Lipinski definition) is 6. The van der Waals surface area contributed by atoms with Crippen LogP contribution in [-0.4, -0.2) is 26.8 Å². The summed E-state index contributed by atoms with van der Waals surface area (Å²) in [5.74, 6) is -1.68. The number of halogens is 1. The Bertz CT molecular complexity index is 1200. The van der Waals surface area contributed by atoms with E-state index in [1.165, 1.54) is 16.2 Å². The van der Waals surface area contributed by atoms with E-state index >= 15 is 0 Å². The van der Waals surface area contributed by atoms with Crippen molar-refractivity contribution in [1.82, 2.24) is 9.97 Å². The van der Waals surface area contributed by atoms with Gasteiger partial charge in [0.2, 0.25) is 5.78 Å². The van der Waals surface area contributed by atoms with Gasteiger partial charge in [0.1, 0.15) is 6.04 Å². The lowest BCUT2D eigenvalue weighted by atomic mass is 9.98. The number of benzene rings is 1. The number of carbonyl (C=O) groups excluding carboxylic acids is 2. The number of anilines is 1. The van der Waals surface area contributed by atoms with Crippen molar-refractivity contribution in [3.63, 3.8) is 0 Å². The number of aryl methyl sites for hydroxylation is 2. The maximum absolute atomic E-state index is 13.5. The van der Waals surface area contributed by atoms with Crippen LogP contribution in [-0.2, 0) is 4.79 Å². The van der Waals surface area contributed by atoms with Gasteiger partial charge in [-0.2, -0.15) is 0 Å². The normalized spacial score (nSPS) is 16.5. The van der Waals surface area contributed by atoms with Crippen LogP contribution in [0.5, 0.6) is 0 Å². The van der Waals surface area contributed by atoms with E-state index in [0.717, 1.165) is 5.01 Å². The van der Waals surface area contributed by atoms with Gasteiger partial charge < -0.3 is 5.11 Å². The number of aliphatic hydroxyl groups excluding tert-OH is 1. The van der Waals surface area contributed by atoms with Crippen molar-refractivity contribution in [3.05, 3.63) is 85.8 Å². The van der Waals surface area contributed by atoms with Crippen LogP contribution in [0.25, 0.3) is 0 Å². The zero-order valence-electron chi connectivity index (χ0n) is 16.5. The van der Waals surface area contributed by atoms with Crippen LogP contribution in [0.2, 0.25) is 5.02 Å². The fraction of sp³-hybridized carbons (Fsp3) is 0.182. The fourth-order valence-corrected chi connectivity index (χ4v) is 4.67. The molecule has 0 bridgehead atoms. The van der Waals surface area contributed by atoms with Crippen LogP contribution in [0.1, 0.15) is 37.7 Å². The van der Waals surface area contributed by atoms with Crippen molar-refractivity contribution in [3.8, 4) is 0 Å². The van der Waals surface area contributed by atoms with Crippen molar-refractivity contribution >= 4 is 40.3 Å². The van der Waals surface area contributed by atoms with Gasteiger partial charge in [-0.1, -0.05) is 23.7 Å². The van der Waals surface area contributed by atoms with Gasteiger partial charge in [-0.05, 0) is 50.6 Å². The summed E-state index contributed by atoms with van der Waals surface area (Å²) in [7, 11) is 0. The molecule has 4 rings (SSSR count). The summed E-state index contributed by atoms with van der Waals surface area (Å²) in [6.07, 6.45) is 1.59. The third-order valence-electron chi connectivity index (χ3n) is 5.03. The molecule has 0 aliphatic carbocycles. The molecule has 152 valence electrons. The van der Waals surface area contributed by atoms with Gasteiger partial charge in [0, 0.05) is 16.9 Å². The molecule has 2 aromatic heterocycles. The molecule has 0 fully saturated rings. The Morgan fingerprint density at radius 2 is 1.93 bits per heavy atom. The van der Waals surface area contributed by atoms with E-state index in [2.05, 4.69) is 9.97 Å². The number of nitrogens with zero attached hydrogens (tertiary/aromatic N) is 3. The molecule has 3 aromatic rings. The van der Waals surface area contributed by atoms with Crippen LogP contribution in [0.4, 0.5) is 5.69 Å². The molecule has 0 saturated carbocycles. The number of pyridine rings is 1. The lowest BCUT2D eigenvalue weighted by Crippen LogP contribution is -2.32. The first kappa shape index (κ1) is 20.3. The molecule has 1 aromatic carbocycles. The van der Waals surface area contributed by atoms with Crippen LogP contribution in [0.3, 0.4) is 0 Å². The molecule has 30 heavy (non-hydrogen) atoms. The first-order valence-corrected chi connectivity index (χ1v) is 10.4. The second-order valence-corrected chi connectivity index (χ2v) is 8.57. The number of Topliss-reactive ketones (excluding diaryl/α,β-unsaturated/α-hetero) is 1. The SMILES string of the molecule is Cc1nc(C)c(C(=O)C2=C(O)C(=O)N(c3cccc(Cl)c3C)C2c2ccccn2)s1. The van der Waals surface area contributed by atoms with Crippen molar-refractivity contribution < 1.29 is 14.7 Å². The summed E-state index contributed by atoms with van der Waals surface area (Å²) in [6, 6.07) is 9.54. The van der Waals surface area contributed by atoms with Gasteiger partial charge >= 0.3 is 0 Å². The zero-order valence-corrected chi connectivity index (χ0v) is 18.1. The number of hydrogen-bond donors (Lipinski definition) is 1. The summed E-state index contributed by atoms with van der Waals surface area (Å²) in [4.78, 5) is 37.1. The molecule has 1 atom stereocenters. The predicted molar refractivity (Wildman–Crippen MR) is 116 cm³/mol. The molecule has 8 heteroatoms. The first-order valence-electron chi connectivity index (χ1n) is 9.22. The van der Waals surface area contributed by atoms with Gasteiger partial charge in [0.05, 0.1) is 26.8 Å². The average Bonchev–Trinajstić information content (AvgIpc) is 3.20. The van der Waals surface area contributed by atoms with E-state index in [9.17, 15) is 14.7 Å². The summed E-state index contributed by atoms with van der Waals surface area (Å²) in [6.45, 7) is 5.33. The second-order valence-electron chi connectivity index (χ2n) is 6.96. The lowest BCUT2D eigenvalue weighted by molar-refractivity contribution is -0.117. The van der Waals surface area contributed by atoms with Crippen molar-refractivity contribution in [2.45, 2.75) is 26.8 Å². The zero-order chi connectivity index (χ0) is 21.6. The summed E-state index contributed by atoms with van der Waals surface area (Å²) < 4.78 is 0. The van der Waals surface area contributed by atoms with Gasteiger partial charge in [-0.25, -0.2) is 4.98 Å². The van der Waals surface area contributed by atoms with Crippen LogP contribution in [0.15, 0.2) is 53.9 Å². The monoisotopic (exact) mass is 439 g/mol. The molecule has 1 amide bonds. The number of ketones is 1. The Morgan fingerprint density at radius 3 is 2.57 bits per heavy atom. The van der Waals surface area contributed by atoms with Crippen molar-refractivity contribution in [2.75, 3.05) is 4.90 Å². The quantitative estimate of drug-likeness (QED) is 0.584. The highest BCUT2D eigenvalue weighted by Gasteiger charge is 2.46. The largest absolute Gasteiger partial charge is 0.503 e. The van der Waals surface area contributed by atoms with Crippen LogP contribution in [0, 0.1) is 20.8 Å². The average molecular weight is 440 g/mol. The molecule has 1 unspecified atom stereocenters. The molecule has 0 radical (unpaired) electrons. The standard InChI is InChI=1S/C22H18ClN3O3S/c1-11-14(23)7-6-9-16(11)26-18(15-8-4-5-10-24-15)17(20(28)22(26)29)19(27)21-12(2)25-13(3)30-21/h4-10,18,28H,1-3H3. The van der Waals surface area contributed by atoms with Gasteiger partial charge in [-0.15, -0.1) is 11.3 Å². The summed E-state index contributed by atoms with van der Waals surface area (Å²) in [5, 5.41) is 12.0. The van der Waals surface area contributed by atoms with Gasteiger partial charge in [-0.3, -0.25) is 19.5 Å². The van der Waals surface area contributed by atoms with Crippen molar-refractivity contribution in [1.29, 1.82) is 0 Å². The molecule has 1 N–H and O–H groups in total. The minimum absolute atomic E-state index is 0.00942. The van der Waals surface area contributed by atoms with E-state index in [1.807, 2.05) is 0 Å². The van der Waals surface area contributed by atoms with Crippen LogP contribution < -0.4 is 4.90 Å². The highest BCUT2D eigenvalue weighted by atomic mass is 35.5. The maximum atomic E-state index is 13.5. The maximum Gasteiger partial charge on any atom is 0.294 e. The molecule has 0 saturated heterocycles. The van der Waals surface area contributed by atoms with Crippen LogP contribution >= 0.6 is 22.9 Å². The topological polar surface area (TPSA) is 83.4 Å². The number of aromatic nitrogens is 2. The first-order chi connectivity index (χ1) is 14.3. The lowest BCUT2D eigenvalue weighted by Gasteiger charge is -2.27. The molecule has 1 aliphatic heterocycles. The highest BCUT2D eigenvalue weighted by Crippen LogP contribution is 2.43. The second kappa shape index (κ2) is 7.66. The summed E-state index contributed by atoms with van der Waals surface area (Å²) in [5.41, 5.74) is 2.20. The minimum atomic E-state index is -0.884. The Hall–Kier alpha value is -3.03. The molecule has 3 heterocycles. The van der Waals surface area contributed by atoms with Crippen molar-refractivity contribution in [2.24, 2.45) is 0 Å². The van der Waals surface area contributed by atoms with E-state index in [0.29, 0.717) is 32.5 Å². The third kappa shape index (κ3) is 3.20. The van der Waals surface area contributed by atoms with Gasteiger partial charge in [0.15, 0.2) is 5.76 Å². The van der Waals surface area contributed by atoms with Gasteiger partial charge in [0.25, 0.3) is 5.91 Å². The van der Waals surface area contributed by atoms with E-state index in [1.54, 1.807) is 63.4 Å². The minimum Gasteiger partial charge on any atom is -0.503 e. The summed E-state index contributed by atoms with van der Waals surface area (Å²) >= 11 is 7.52. The number of aliphatic hydroxyl groups is 1. The number of rotatable bonds is 4. The Kier molecular flexibility index (Phi) is 5.17. The molecule has 6 nitrogen and oxygen atoms in total. The Balaban J connectivity index is 1.92. The molecule has 1 aliphatic rings. The fourth-order valence-electron chi connectivity index (χ4n) is 3.62. The van der Waals surface area contributed by atoms with E-state index in [4.69, 9.17) is 11.6 Å². The number of thiazole rings is 1. The number of carbonyl (C=O) groups is 2. The third-order valence-corrected chi connectivity index (χ3v) is 6.51. The Morgan fingerprint density at radius 1 is 1.17 bits per heavy atom. The molecular weight excluding hydrogens is 422 g/mol. The van der Waals surface area contributed by atoms with E-state index < -0.39 is 23.5 Å².